The largest absolute Gasteiger partial charge is 0.416 e. The van der Waals surface area contributed by atoms with E-state index in [1.165, 1.54) is 7.05 Å². The van der Waals surface area contributed by atoms with E-state index in [1.54, 1.807) is 11.3 Å². The van der Waals surface area contributed by atoms with E-state index < -0.39 is 11.7 Å². The van der Waals surface area contributed by atoms with Gasteiger partial charge in [-0.3, -0.25) is 0 Å². The lowest BCUT2D eigenvalue weighted by molar-refractivity contribution is -0.137. The van der Waals surface area contributed by atoms with E-state index in [2.05, 4.69) is 15.6 Å². The molecular formula is C13H14F3N3S. The second kappa shape index (κ2) is 5.70. The Bertz CT molecular complexity index is 593. The van der Waals surface area contributed by atoms with Crippen LogP contribution in [0.2, 0.25) is 0 Å². The molecule has 0 aliphatic heterocycles. The summed E-state index contributed by atoms with van der Waals surface area (Å²) in [6, 6.07) is 2.00. The summed E-state index contributed by atoms with van der Waals surface area (Å²) in [5, 5.41) is 9.53. The first-order valence-electron chi connectivity index (χ1n) is 5.92. The smallest absolute Gasteiger partial charge is 0.373 e. The summed E-state index contributed by atoms with van der Waals surface area (Å²) in [7, 11) is 1.54. The van der Waals surface area contributed by atoms with Crippen molar-refractivity contribution in [3.8, 4) is 0 Å². The van der Waals surface area contributed by atoms with Crippen LogP contribution in [-0.2, 0) is 12.7 Å². The molecule has 0 atom stereocenters. The molecule has 0 bridgehead atoms. The standard InChI is InChI=1S/C13H14F3N3S/c1-8-6-20-7-9(8)5-18-12-4-10(13(14,15)16)3-11(17-2)19-12/h3-4,6-7H,5H2,1-2H3,(H2,17,18,19). The lowest BCUT2D eigenvalue weighted by atomic mass is 10.2. The fourth-order valence-corrected chi connectivity index (χ4v) is 2.52. The Morgan fingerprint density at radius 1 is 1.20 bits per heavy atom. The van der Waals surface area contributed by atoms with Gasteiger partial charge >= 0.3 is 6.18 Å². The van der Waals surface area contributed by atoms with Gasteiger partial charge in [-0.15, -0.1) is 0 Å². The van der Waals surface area contributed by atoms with Crippen molar-refractivity contribution in [1.29, 1.82) is 0 Å². The second-order valence-corrected chi connectivity index (χ2v) is 5.05. The van der Waals surface area contributed by atoms with Crippen molar-refractivity contribution in [3.05, 3.63) is 39.6 Å². The summed E-state index contributed by atoms with van der Waals surface area (Å²) in [6.07, 6.45) is -4.39. The number of anilines is 2. The Morgan fingerprint density at radius 3 is 2.45 bits per heavy atom. The number of halogens is 3. The minimum atomic E-state index is -4.39. The van der Waals surface area contributed by atoms with Gasteiger partial charge in [0.05, 0.1) is 5.56 Å². The molecule has 2 N–H and O–H groups in total. The highest BCUT2D eigenvalue weighted by Gasteiger charge is 2.31. The predicted octanol–water partition coefficient (Wildman–Crippen LogP) is 4.12. The van der Waals surface area contributed by atoms with Crippen molar-refractivity contribution in [2.75, 3.05) is 17.7 Å². The van der Waals surface area contributed by atoms with E-state index in [-0.39, 0.29) is 11.6 Å². The third kappa shape index (κ3) is 3.41. The number of aryl methyl sites for hydroxylation is 1. The Balaban J connectivity index is 2.21. The Morgan fingerprint density at radius 2 is 1.90 bits per heavy atom. The van der Waals surface area contributed by atoms with Crippen molar-refractivity contribution in [2.24, 2.45) is 0 Å². The van der Waals surface area contributed by atoms with E-state index in [1.807, 2.05) is 17.7 Å². The molecule has 2 aromatic rings. The molecule has 0 aliphatic carbocycles. The zero-order valence-electron chi connectivity index (χ0n) is 11.0. The molecule has 2 aromatic heterocycles. The van der Waals surface area contributed by atoms with Gasteiger partial charge in [0.2, 0.25) is 0 Å². The normalized spacial score (nSPS) is 11.4. The van der Waals surface area contributed by atoms with Gasteiger partial charge in [0.25, 0.3) is 0 Å². The summed E-state index contributed by atoms with van der Waals surface area (Å²) >= 11 is 1.56. The molecular weight excluding hydrogens is 287 g/mol. The maximum absolute atomic E-state index is 12.8. The average Bonchev–Trinajstić information content (AvgIpc) is 2.80. The molecule has 0 saturated carbocycles. The zero-order valence-corrected chi connectivity index (χ0v) is 11.8. The first-order chi connectivity index (χ1) is 9.40. The average molecular weight is 301 g/mol. The summed E-state index contributed by atoms with van der Waals surface area (Å²) < 4.78 is 38.3. The van der Waals surface area contributed by atoms with Gasteiger partial charge in [0, 0.05) is 13.6 Å². The van der Waals surface area contributed by atoms with Crippen LogP contribution in [-0.4, -0.2) is 12.0 Å². The first kappa shape index (κ1) is 14.6. The fraction of sp³-hybridized carbons (Fsp3) is 0.308. The summed E-state index contributed by atoms with van der Waals surface area (Å²) in [6.45, 7) is 2.42. The lowest BCUT2D eigenvalue weighted by Gasteiger charge is -2.12. The topological polar surface area (TPSA) is 37.0 Å². The number of nitrogens with zero attached hydrogens (tertiary/aromatic N) is 1. The molecule has 2 heterocycles. The summed E-state index contributed by atoms with van der Waals surface area (Å²) in [5.41, 5.74) is 1.45. The second-order valence-electron chi connectivity index (χ2n) is 4.31. The Labute approximate surface area is 118 Å². The maximum Gasteiger partial charge on any atom is 0.416 e. The molecule has 3 nitrogen and oxygen atoms in total. The van der Waals surface area contributed by atoms with Crippen LogP contribution in [0.5, 0.6) is 0 Å². The number of hydrogen-bond acceptors (Lipinski definition) is 4. The van der Waals surface area contributed by atoms with E-state index in [4.69, 9.17) is 0 Å². The Hall–Kier alpha value is -1.76. The molecule has 2 rings (SSSR count). The van der Waals surface area contributed by atoms with Crippen LogP contribution in [0.25, 0.3) is 0 Å². The molecule has 0 aromatic carbocycles. The number of rotatable bonds is 4. The fourth-order valence-electron chi connectivity index (χ4n) is 1.67. The van der Waals surface area contributed by atoms with Crippen LogP contribution in [0.4, 0.5) is 24.8 Å². The molecule has 108 valence electrons. The number of aromatic nitrogens is 1. The SMILES string of the molecule is CNc1cc(C(F)(F)F)cc(NCc2cscc2C)n1. The number of nitrogens with one attached hydrogen (secondary N) is 2. The maximum atomic E-state index is 12.8. The van der Waals surface area contributed by atoms with Crippen molar-refractivity contribution in [1.82, 2.24) is 4.98 Å². The van der Waals surface area contributed by atoms with Gasteiger partial charge in [-0.05, 0) is 40.9 Å². The van der Waals surface area contributed by atoms with Gasteiger partial charge < -0.3 is 10.6 Å². The molecule has 0 radical (unpaired) electrons. The summed E-state index contributed by atoms with van der Waals surface area (Å²) in [5.74, 6) is 0.388. The van der Waals surface area contributed by atoms with Crippen molar-refractivity contribution in [3.63, 3.8) is 0 Å². The van der Waals surface area contributed by atoms with E-state index >= 15 is 0 Å². The van der Waals surface area contributed by atoms with Gasteiger partial charge in [0.15, 0.2) is 0 Å². The highest BCUT2D eigenvalue weighted by atomic mass is 32.1. The third-order valence-electron chi connectivity index (χ3n) is 2.83. The van der Waals surface area contributed by atoms with Crippen LogP contribution in [0.3, 0.4) is 0 Å². The molecule has 0 saturated heterocycles. The number of hydrogen-bond donors (Lipinski definition) is 2. The van der Waals surface area contributed by atoms with Crippen molar-refractivity contribution < 1.29 is 13.2 Å². The molecule has 0 spiro atoms. The van der Waals surface area contributed by atoms with Crippen LogP contribution in [0.15, 0.2) is 22.9 Å². The van der Waals surface area contributed by atoms with Gasteiger partial charge in [-0.2, -0.15) is 24.5 Å². The van der Waals surface area contributed by atoms with Crippen LogP contribution in [0, 0.1) is 6.92 Å². The van der Waals surface area contributed by atoms with Gasteiger partial charge in [-0.1, -0.05) is 0 Å². The highest BCUT2D eigenvalue weighted by Crippen LogP contribution is 2.32. The lowest BCUT2D eigenvalue weighted by Crippen LogP contribution is -2.10. The highest BCUT2D eigenvalue weighted by molar-refractivity contribution is 7.08. The van der Waals surface area contributed by atoms with Crippen molar-refractivity contribution >= 4 is 23.0 Å². The minimum Gasteiger partial charge on any atom is -0.373 e. The van der Waals surface area contributed by atoms with Crippen LogP contribution in [0.1, 0.15) is 16.7 Å². The van der Waals surface area contributed by atoms with Crippen LogP contribution < -0.4 is 10.6 Å². The van der Waals surface area contributed by atoms with Gasteiger partial charge in [-0.25, -0.2) is 4.98 Å². The third-order valence-corrected chi connectivity index (χ3v) is 3.74. The van der Waals surface area contributed by atoms with E-state index in [0.717, 1.165) is 23.3 Å². The quantitative estimate of drug-likeness (QED) is 0.892. The van der Waals surface area contributed by atoms with Crippen LogP contribution >= 0.6 is 11.3 Å². The molecule has 0 aliphatic rings. The monoisotopic (exact) mass is 301 g/mol. The predicted molar refractivity (Wildman–Crippen MR) is 75.2 cm³/mol. The molecule has 7 heteroatoms. The first-order valence-corrected chi connectivity index (χ1v) is 6.87. The van der Waals surface area contributed by atoms with E-state index in [9.17, 15) is 13.2 Å². The minimum absolute atomic E-state index is 0.185. The molecule has 0 unspecified atom stereocenters. The molecule has 0 fully saturated rings. The number of thiophene rings is 1. The Kier molecular flexibility index (Phi) is 4.17. The molecule has 20 heavy (non-hydrogen) atoms. The van der Waals surface area contributed by atoms with Gasteiger partial charge in [0.1, 0.15) is 11.6 Å². The zero-order chi connectivity index (χ0) is 14.8. The number of alkyl halides is 3. The number of pyridine rings is 1. The van der Waals surface area contributed by atoms with Crippen molar-refractivity contribution in [2.45, 2.75) is 19.6 Å². The summed E-state index contributed by atoms with van der Waals surface area (Å²) in [4.78, 5) is 4.08. The molecule has 0 amide bonds. The van der Waals surface area contributed by atoms with E-state index in [0.29, 0.717) is 6.54 Å².